The third kappa shape index (κ3) is 5.19. The van der Waals surface area contributed by atoms with Crippen LogP contribution in [0.2, 0.25) is 0 Å². The molecule has 2 nitrogen and oxygen atoms in total. The van der Waals surface area contributed by atoms with Crippen LogP contribution in [0, 0.1) is 0 Å². The fourth-order valence-electron chi connectivity index (χ4n) is 0.0660. The van der Waals surface area contributed by atoms with E-state index >= 15 is 0 Å². The molecule has 1 N–H and O–H groups in total. The second kappa shape index (κ2) is 6.17. The van der Waals surface area contributed by atoms with E-state index in [1.54, 1.807) is 0 Å². The Morgan fingerprint density at radius 3 is 2.12 bits per heavy atom. The number of hydrogen-bond donors (Lipinski definition) is 1. The van der Waals surface area contributed by atoms with Gasteiger partial charge >= 0.3 is 35.5 Å². The van der Waals surface area contributed by atoms with E-state index in [0.717, 1.165) is 0 Å². The van der Waals surface area contributed by atoms with Crippen LogP contribution in [0.1, 0.15) is 0 Å². The molecule has 0 saturated heterocycles. The summed E-state index contributed by atoms with van der Waals surface area (Å²) in [5.41, 5.74) is 0. The van der Waals surface area contributed by atoms with Crippen LogP contribution in [0.4, 0.5) is 0 Å². The Labute approximate surface area is 79.4 Å². The fourth-order valence-corrected chi connectivity index (χ4v) is 0.198. The molecule has 8 heavy (non-hydrogen) atoms. The summed E-state index contributed by atoms with van der Waals surface area (Å²) in [6, 6.07) is 0. The van der Waals surface area contributed by atoms with Crippen LogP contribution in [-0.4, -0.2) is 51.9 Å². The molecule has 5 heteroatoms. The minimum absolute atomic E-state index is 0. The number of carboxylic acids is 1. The summed E-state index contributed by atoms with van der Waals surface area (Å²) in [6.07, 6.45) is 0. The van der Waals surface area contributed by atoms with Crippen LogP contribution < -0.4 is 0 Å². The maximum atomic E-state index is 9.71. The van der Waals surface area contributed by atoms with Gasteiger partial charge in [-0.2, -0.15) is 0 Å². The van der Waals surface area contributed by atoms with E-state index in [1.165, 1.54) is 0 Å². The summed E-state index contributed by atoms with van der Waals surface area (Å²) < 4.78 is 0. The fraction of sp³-hybridized carbons (Fsp3) is 0.667. The molecule has 0 aromatic carbocycles. The average Bonchev–Trinajstić information content (AvgIpc) is 1.65. The molecule has 1 unspecified atom stereocenters. The summed E-state index contributed by atoms with van der Waals surface area (Å²) in [4.78, 5) is 9.71. The van der Waals surface area contributed by atoms with Crippen molar-refractivity contribution in [1.29, 1.82) is 0 Å². The molecule has 0 spiro atoms. The van der Waals surface area contributed by atoms with Crippen LogP contribution in [0.25, 0.3) is 0 Å². The van der Waals surface area contributed by atoms with Crippen molar-refractivity contribution in [3.63, 3.8) is 0 Å². The van der Waals surface area contributed by atoms with Gasteiger partial charge in [0.1, 0.15) is 5.38 Å². The summed E-state index contributed by atoms with van der Waals surface area (Å²) >= 11 is 10.1. The van der Waals surface area contributed by atoms with Crippen LogP contribution in [0.5, 0.6) is 0 Å². The Hall–Kier alpha value is 1.05. The number of alkyl halides is 2. The molecule has 0 aliphatic carbocycles. The van der Waals surface area contributed by atoms with Crippen LogP contribution in [-0.2, 0) is 4.79 Å². The molecule has 1 atom stereocenters. The summed E-state index contributed by atoms with van der Waals surface area (Å²) in [6.45, 7) is 0. The molecule has 0 saturated carbocycles. The van der Waals surface area contributed by atoms with Crippen molar-refractivity contribution in [2.24, 2.45) is 0 Å². The Kier molecular flexibility index (Phi) is 9.11. The zero-order valence-corrected chi connectivity index (χ0v) is 4.91. The number of rotatable bonds is 2. The first-order chi connectivity index (χ1) is 3.18. The third-order valence-electron chi connectivity index (χ3n) is 0.403. The van der Waals surface area contributed by atoms with Gasteiger partial charge in [0, 0.05) is 5.88 Å². The molecule has 44 valence electrons. The van der Waals surface area contributed by atoms with E-state index in [2.05, 4.69) is 0 Å². The topological polar surface area (TPSA) is 37.3 Å². The molecular weight excluding hydrogens is 162 g/mol. The van der Waals surface area contributed by atoms with Gasteiger partial charge in [-0.3, -0.25) is 4.79 Å². The maximum absolute atomic E-state index is 9.71. The first-order valence-electron chi connectivity index (χ1n) is 1.61. The molecule has 0 bridgehead atoms. The van der Waals surface area contributed by atoms with E-state index < -0.39 is 11.3 Å². The monoisotopic (exact) mass is 166 g/mol. The Morgan fingerprint density at radius 2 is 2.12 bits per heavy atom. The molecule has 0 aliphatic heterocycles. The first-order valence-corrected chi connectivity index (χ1v) is 2.58. The Balaban J connectivity index is 0. The zero-order valence-electron chi connectivity index (χ0n) is 3.40. The van der Waals surface area contributed by atoms with Crippen molar-refractivity contribution in [3.05, 3.63) is 0 Å². The second-order valence-corrected chi connectivity index (χ2v) is 1.80. The van der Waals surface area contributed by atoms with Crippen molar-refractivity contribution in [2.75, 3.05) is 5.88 Å². The van der Waals surface area contributed by atoms with Gasteiger partial charge in [0.05, 0.1) is 0 Å². The summed E-state index contributed by atoms with van der Waals surface area (Å²) in [7, 11) is 0. The molecule has 0 aliphatic rings. The summed E-state index contributed by atoms with van der Waals surface area (Å²) in [5, 5.41) is 7.02. The standard InChI is InChI=1S/C3H4Cl2O2.Na.H/c4-1-2(5)3(6)7;;/h2H,1H2,(H,6,7);;. The van der Waals surface area contributed by atoms with Crippen LogP contribution >= 0.6 is 23.2 Å². The zero-order chi connectivity index (χ0) is 5.86. The Morgan fingerprint density at radius 1 is 1.75 bits per heavy atom. The number of aliphatic carboxylic acids is 1. The molecular formula is C3H5Cl2NaO2. The molecule has 0 heterocycles. The predicted molar refractivity (Wildman–Crippen MR) is 35.1 cm³/mol. The third-order valence-corrected chi connectivity index (χ3v) is 1.21. The van der Waals surface area contributed by atoms with Crippen LogP contribution in [0.15, 0.2) is 0 Å². The van der Waals surface area contributed by atoms with E-state index in [1.807, 2.05) is 0 Å². The van der Waals surface area contributed by atoms with Gasteiger partial charge in [0.15, 0.2) is 0 Å². The average molecular weight is 167 g/mol. The van der Waals surface area contributed by atoms with Crippen molar-refractivity contribution >= 4 is 58.7 Å². The van der Waals surface area contributed by atoms with Gasteiger partial charge in [0.2, 0.25) is 0 Å². The molecule has 0 rings (SSSR count). The van der Waals surface area contributed by atoms with Gasteiger partial charge in [-0.05, 0) is 0 Å². The number of hydrogen-bond acceptors (Lipinski definition) is 1. The van der Waals surface area contributed by atoms with Crippen molar-refractivity contribution in [1.82, 2.24) is 0 Å². The molecule has 0 radical (unpaired) electrons. The Bertz CT molecular complexity index is 77.7. The number of carboxylic acid groups (broad SMARTS) is 1. The molecule has 0 amide bonds. The van der Waals surface area contributed by atoms with Gasteiger partial charge < -0.3 is 5.11 Å². The van der Waals surface area contributed by atoms with Gasteiger partial charge in [-0.1, -0.05) is 0 Å². The first kappa shape index (κ1) is 11.8. The van der Waals surface area contributed by atoms with E-state index in [4.69, 9.17) is 28.3 Å². The van der Waals surface area contributed by atoms with Crippen molar-refractivity contribution < 1.29 is 9.90 Å². The van der Waals surface area contributed by atoms with Gasteiger partial charge in [-0.25, -0.2) is 0 Å². The number of carbonyl (C=O) groups is 1. The second-order valence-electron chi connectivity index (χ2n) is 0.960. The number of halogens is 2. The van der Waals surface area contributed by atoms with E-state index in [9.17, 15) is 4.79 Å². The quantitative estimate of drug-likeness (QED) is 0.473. The van der Waals surface area contributed by atoms with Crippen molar-refractivity contribution in [3.8, 4) is 0 Å². The predicted octanol–water partition coefficient (Wildman–Crippen LogP) is 0.269. The molecule has 0 aromatic rings. The molecule has 0 fully saturated rings. The van der Waals surface area contributed by atoms with E-state index in [0.29, 0.717) is 0 Å². The normalized spacial score (nSPS) is 11.8. The SMILES string of the molecule is O=C(O)C(Cl)CCl.[NaH]. The van der Waals surface area contributed by atoms with Crippen LogP contribution in [0.3, 0.4) is 0 Å². The summed E-state index contributed by atoms with van der Waals surface area (Å²) in [5.74, 6) is -1.12. The van der Waals surface area contributed by atoms with Gasteiger partial charge in [-0.15, -0.1) is 23.2 Å². The van der Waals surface area contributed by atoms with E-state index in [-0.39, 0.29) is 35.4 Å². The molecule has 0 aromatic heterocycles. The van der Waals surface area contributed by atoms with Gasteiger partial charge in [0.25, 0.3) is 0 Å². The van der Waals surface area contributed by atoms with Crippen molar-refractivity contribution in [2.45, 2.75) is 5.38 Å². The minimum atomic E-state index is -1.07.